The van der Waals surface area contributed by atoms with E-state index in [9.17, 15) is 13.6 Å². The molecule has 1 atom stereocenters. The van der Waals surface area contributed by atoms with Crippen LogP contribution in [0.5, 0.6) is 5.75 Å². The number of hydrogen-bond acceptors (Lipinski definition) is 4. The lowest BCUT2D eigenvalue weighted by molar-refractivity contribution is -0.126. The van der Waals surface area contributed by atoms with E-state index in [2.05, 4.69) is 10.1 Å². The minimum Gasteiger partial charge on any atom is -0.435 e. The fraction of sp³-hybridized carbons (Fsp3) is 0.462. The Labute approximate surface area is 116 Å². The lowest BCUT2D eigenvalue weighted by Crippen LogP contribution is -2.30. The maximum Gasteiger partial charge on any atom is 0.387 e. The lowest BCUT2D eigenvalue weighted by Gasteiger charge is -2.15. The third-order valence-electron chi connectivity index (χ3n) is 2.46. The molecule has 0 fully saturated rings. The van der Waals surface area contributed by atoms with Crippen LogP contribution in [0.1, 0.15) is 18.5 Å². The Morgan fingerprint density at radius 1 is 1.45 bits per heavy atom. The molecule has 1 aromatic rings. The number of nitrogens with two attached hydrogens (primary N) is 1. The average molecular weight is 288 g/mol. The van der Waals surface area contributed by atoms with Crippen LogP contribution in [0.4, 0.5) is 8.78 Å². The van der Waals surface area contributed by atoms with Gasteiger partial charge in [-0.05, 0) is 24.6 Å². The second-order valence-corrected chi connectivity index (χ2v) is 4.08. The molecule has 3 N–H and O–H groups in total. The molecule has 0 saturated carbocycles. The quantitative estimate of drug-likeness (QED) is 0.710. The van der Waals surface area contributed by atoms with E-state index in [1.165, 1.54) is 12.1 Å². The molecule has 0 radical (unpaired) electrons. The van der Waals surface area contributed by atoms with Crippen LogP contribution in [0, 0.1) is 0 Å². The fourth-order valence-electron chi connectivity index (χ4n) is 1.57. The van der Waals surface area contributed by atoms with E-state index in [4.69, 9.17) is 10.5 Å². The van der Waals surface area contributed by atoms with E-state index in [-0.39, 0.29) is 24.3 Å². The number of carbonyl (C=O) groups is 1. The number of nitrogens with one attached hydrogen (secondary N) is 1. The van der Waals surface area contributed by atoms with Gasteiger partial charge >= 0.3 is 6.61 Å². The first-order valence-electron chi connectivity index (χ1n) is 6.15. The Balaban J connectivity index is 2.54. The van der Waals surface area contributed by atoms with Crippen molar-refractivity contribution in [3.63, 3.8) is 0 Å². The summed E-state index contributed by atoms with van der Waals surface area (Å²) >= 11 is 0. The number of amides is 1. The topological polar surface area (TPSA) is 73.6 Å². The Morgan fingerprint density at radius 2 is 2.20 bits per heavy atom. The maximum atomic E-state index is 12.1. The molecule has 0 aliphatic carbocycles. The van der Waals surface area contributed by atoms with Crippen LogP contribution in [0.25, 0.3) is 0 Å². The first-order valence-corrected chi connectivity index (χ1v) is 6.15. The minimum absolute atomic E-state index is 0.0537. The van der Waals surface area contributed by atoms with Crippen molar-refractivity contribution in [2.24, 2.45) is 5.73 Å². The van der Waals surface area contributed by atoms with Gasteiger partial charge in [0, 0.05) is 6.54 Å². The lowest BCUT2D eigenvalue weighted by atomic mass is 10.1. The molecule has 5 nitrogen and oxygen atoms in total. The summed E-state index contributed by atoms with van der Waals surface area (Å²) in [5, 5.41) is 2.69. The molecule has 1 rings (SSSR count). The second-order valence-electron chi connectivity index (χ2n) is 4.08. The van der Waals surface area contributed by atoms with Crippen LogP contribution < -0.4 is 15.8 Å². The smallest absolute Gasteiger partial charge is 0.387 e. The molecule has 0 bridgehead atoms. The summed E-state index contributed by atoms with van der Waals surface area (Å²) in [6, 6.07) is 5.84. The summed E-state index contributed by atoms with van der Waals surface area (Å²) in [5.74, 6) is -0.246. The molecule has 0 aliphatic heterocycles. The van der Waals surface area contributed by atoms with Crippen LogP contribution in [0.3, 0.4) is 0 Å². The van der Waals surface area contributed by atoms with Gasteiger partial charge in [0.05, 0.1) is 12.6 Å². The molecule has 0 heterocycles. The number of carbonyl (C=O) groups excluding carboxylic acids is 1. The van der Waals surface area contributed by atoms with E-state index >= 15 is 0 Å². The van der Waals surface area contributed by atoms with Gasteiger partial charge in [0.2, 0.25) is 5.91 Å². The van der Waals surface area contributed by atoms with Gasteiger partial charge in [-0.25, -0.2) is 0 Å². The van der Waals surface area contributed by atoms with Crippen LogP contribution in [-0.4, -0.2) is 32.3 Å². The van der Waals surface area contributed by atoms with Crippen molar-refractivity contribution in [1.82, 2.24) is 5.32 Å². The van der Waals surface area contributed by atoms with Crippen molar-refractivity contribution in [1.29, 1.82) is 0 Å². The van der Waals surface area contributed by atoms with Crippen molar-refractivity contribution in [2.45, 2.75) is 19.6 Å². The maximum absolute atomic E-state index is 12.1. The van der Waals surface area contributed by atoms with Gasteiger partial charge in [0.1, 0.15) is 12.4 Å². The standard InChI is InChI=1S/C13H18F2N2O3/c1-9(17-12(18)8-19-6-5-16)10-3-2-4-11(7-10)20-13(14)15/h2-4,7,9,13H,5-6,8,16H2,1H3,(H,17,18). The van der Waals surface area contributed by atoms with Gasteiger partial charge in [0.25, 0.3) is 0 Å². The van der Waals surface area contributed by atoms with E-state index in [1.807, 2.05) is 0 Å². The third kappa shape index (κ3) is 5.94. The highest BCUT2D eigenvalue weighted by Crippen LogP contribution is 2.20. The minimum atomic E-state index is -2.88. The van der Waals surface area contributed by atoms with E-state index in [0.717, 1.165) is 0 Å². The zero-order valence-corrected chi connectivity index (χ0v) is 11.1. The molecule has 0 saturated heterocycles. The van der Waals surface area contributed by atoms with Gasteiger partial charge in [0.15, 0.2) is 0 Å². The Morgan fingerprint density at radius 3 is 2.85 bits per heavy atom. The predicted molar refractivity (Wildman–Crippen MR) is 69.5 cm³/mol. The fourth-order valence-corrected chi connectivity index (χ4v) is 1.57. The highest BCUT2D eigenvalue weighted by atomic mass is 19.3. The normalized spacial score (nSPS) is 12.2. The zero-order valence-electron chi connectivity index (χ0n) is 11.1. The number of rotatable bonds is 8. The Kier molecular flexibility index (Phi) is 6.89. The van der Waals surface area contributed by atoms with Crippen LogP contribution in [-0.2, 0) is 9.53 Å². The summed E-state index contributed by atoms with van der Waals surface area (Å²) in [6.45, 7) is -0.577. The monoisotopic (exact) mass is 288 g/mol. The molecule has 1 amide bonds. The first-order chi connectivity index (χ1) is 9.52. The first kappa shape index (κ1) is 16.3. The molecule has 0 spiro atoms. The molecule has 112 valence electrons. The van der Waals surface area contributed by atoms with Crippen molar-refractivity contribution >= 4 is 5.91 Å². The summed E-state index contributed by atoms with van der Waals surface area (Å²) < 4.78 is 33.5. The number of halogens is 2. The van der Waals surface area contributed by atoms with Crippen molar-refractivity contribution in [3.05, 3.63) is 29.8 Å². The summed E-state index contributed by atoms with van der Waals surface area (Å²) in [7, 11) is 0. The summed E-state index contributed by atoms with van der Waals surface area (Å²) in [6.07, 6.45) is 0. The van der Waals surface area contributed by atoms with Crippen molar-refractivity contribution < 1.29 is 23.0 Å². The Hall–Kier alpha value is -1.73. The average Bonchev–Trinajstić information content (AvgIpc) is 2.38. The summed E-state index contributed by atoms with van der Waals surface area (Å²) in [5.41, 5.74) is 5.89. The highest BCUT2D eigenvalue weighted by Gasteiger charge is 2.11. The van der Waals surface area contributed by atoms with Crippen LogP contribution in [0.15, 0.2) is 24.3 Å². The van der Waals surface area contributed by atoms with Gasteiger partial charge < -0.3 is 20.5 Å². The SMILES string of the molecule is CC(NC(=O)COCCN)c1cccc(OC(F)F)c1. The van der Waals surface area contributed by atoms with Crippen LogP contribution >= 0.6 is 0 Å². The summed E-state index contributed by atoms with van der Waals surface area (Å²) in [4.78, 5) is 11.5. The third-order valence-corrected chi connectivity index (χ3v) is 2.46. The molecular weight excluding hydrogens is 270 g/mol. The van der Waals surface area contributed by atoms with Crippen molar-refractivity contribution in [2.75, 3.05) is 19.8 Å². The number of benzene rings is 1. The molecule has 1 aromatic carbocycles. The van der Waals surface area contributed by atoms with Crippen LogP contribution in [0.2, 0.25) is 0 Å². The number of alkyl halides is 2. The largest absolute Gasteiger partial charge is 0.435 e. The molecule has 0 aromatic heterocycles. The number of ether oxygens (including phenoxy) is 2. The van der Waals surface area contributed by atoms with E-state index < -0.39 is 6.61 Å². The highest BCUT2D eigenvalue weighted by molar-refractivity contribution is 5.77. The molecular formula is C13H18F2N2O3. The molecule has 7 heteroatoms. The predicted octanol–water partition coefficient (Wildman–Crippen LogP) is 1.44. The van der Waals surface area contributed by atoms with Crippen molar-refractivity contribution in [3.8, 4) is 5.75 Å². The van der Waals surface area contributed by atoms with E-state index in [0.29, 0.717) is 18.7 Å². The molecule has 0 aliphatic rings. The second kappa shape index (κ2) is 8.44. The van der Waals surface area contributed by atoms with Gasteiger partial charge in [-0.3, -0.25) is 4.79 Å². The van der Waals surface area contributed by atoms with Gasteiger partial charge in [-0.15, -0.1) is 0 Å². The molecule has 20 heavy (non-hydrogen) atoms. The van der Waals surface area contributed by atoms with Gasteiger partial charge in [-0.2, -0.15) is 8.78 Å². The molecule has 1 unspecified atom stereocenters. The Bertz CT molecular complexity index is 430. The number of hydrogen-bond donors (Lipinski definition) is 2. The van der Waals surface area contributed by atoms with Gasteiger partial charge in [-0.1, -0.05) is 12.1 Å². The van der Waals surface area contributed by atoms with E-state index in [1.54, 1.807) is 19.1 Å². The zero-order chi connectivity index (χ0) is 15.0.